The fraction of sp³-hybridized carbons (Fsp3) is 0.385. The van der Waals surface area contributed by atoms with E-state index in [0.29, 0.717) is 25.2 Å². The SMILES string of the molecule is CSc1ccccc1-c1nnnn1CC1(C(=O)O)CC1. The van der Waals surface area contributed by atoms with Crippen molar-refractivity contribution in [3.05, 3.63) is 24.3 Å². The number of rotatable bonds is 5. The Bertz CT molecular complexity index is 651. The van der Waals surface area contributed by atoms with Gasteiger partial charge in [0.25, 0.3) is 0 Å². The number of hydrogen-bond acceptors (Lipinski definition) is 5. The van der Waals surface area contributed by atoms with Gasteiger partial charge < -0.3 is 5.11 Å². The first-order valence-corrected chi connectivity index (χ1v) is 7.52. The summed E-state index contributed by atoms with van der Waals surface area (Å²) in [5.41, 5.74) is 0.254. The molecule has 0 radical (unpaired) electrons. The van der Waals surface area contributed by atoms with E-state index < -0.39 is 11.4 Å². The molecule has 0 spiro atoms. The van der Waals surface area contributed by atoms with Crippen LogP contribution in [0, 0.1) is 5.41 Å². The van der Waals surface area contributed by atoms with Gasteiger partial charge in [-0.1, -0.05) is 12.1 Å². The normalized spacial score (nSPS) is 16.1. The van der Waals surface area contributed by atoms with E-state index in [0.717, 1.165) is 10.5 Å². The lowest BCUT2D eigenvalue weighted by Gasteiger charge is -2.12. The van der Waals surface area contributed by atoms with Gasteiger partial charge in [-0.15, -0.1) is 16.9 Å². The first-order chi connectivity index (χ1) is 9.66. The number of aromatic nitrogens is 4. The molecule has 1 fully saturated rings. The van der Waals surface area contributed by atoms with Crippen molar-refractivity contribution in [3.63, 3.8) is 0 Å². The minimum atomic E-state index is -0.767. The zero-order chi connectivity index (χ0) is 14.2. The molecule has 2 aromatic rings. The van der Waals surface area contributed by atoms with Crippen molar-refractivity contribution in [2.24, 2.45) is 5.41 Å². The van der Waals surface area contributed by atoms with E-state index in [4.69, 9.17) is 0 Å². The molecule has 0 aliphatic heterocycles. The Kier molecular flexibility index (Phi) is 3.21. The highest BCUT2D eigenvalue weighted by Crippen LogP contribution is 2.47. The smallest absolute Gasteiger partial charge is 0.311 e. The highest BCUT2D eigenvalue weighted by atomic mass is 32.2. The number of tetrazole rings is 1. The van der Waals surface area contributed by atoms with Crippen LogP contribution in [0.25, 0.3) is 11.4 Å². The summed E-state index contributed by atoms with van der Waals surface area (Å²) in [7, 11) is 0. The van der Waals surface area contributed by atoms with Crippen LogP contribution in [0.5, 0.6) is 0 Å². The number of hydrogen-bond donors (Lipinski definition) is 1. The van der Waals surface area contributed by atoms with Crippen molar-refractivity contribution >= 4 is 17.7 Å². The second kappa shape index (κ2) is 4.90. The van der Waals surface area contributed by atoms with Gasteiger partial charge in [0.1, 0.15) is 0 Å². The zero-order valence-electron chi connectivity index (χ0n) is 11.0. The molecule has 1 aliphatic carbocycles. The molecule has 20 heavy (non-hydrogen) atoms. The minimum Gasteiger partial charge on any atom is -0.481 e. The Morgan fingerprint density at radius 2 is 2.20 bits per heavy atom. The first kappa shape index (κ1) is 13.1. The van der Waals surface area contributed by atoms with Crippen LogP contribution in [0.1, 0.15) is 12.8 Å². The van der Waals surface area contributed by atoms with E-state index in [9.17, 15) is 9.90 Å². The second-order valence-corrected chi connectivity index (χ2v) is 5.79. The molecule has 1 N–H and O–H groups in total. The van der Waals surface area contributed by atoms with Crippen LogP contribution in [0.15, 0.2) is 29.2 Å². The third kappa shape index (κ3) is 2.18. The molecular formula is C13H14N4O2S. The van der Waals surface area contributed by atoms with Gasteiger partial charge in [0.05, 0.1) is 12.0 Å². The predicted molar refractivity (Wildman–Crippen MR) is 74.3 cm³/mol. The summed E-state index contributed by atoms with van der Waals surface area (Å²) in [6.07, 6.45) is 3.37. The molecule has 104 valence electrons. The van der Waals surface area contributed by atoms with Gasteiger partial charge in [0.2, 0.25) is 0 Å². The summed E-state index contributed by atoms with van der Waals surface area (Å²) >= 11 is 1.62. The lowest BCUT2D eigenvalue weighted by atomic mass is 10.1. The number of nitrogens with zero attached hydrogens (tertiary/aromatic N) is 4. The molecule has 0 unspecified atom stereocenters. The number of benzene rings is 1. The largest absolute Gasteiger partial charge is 0.481 e. The average molecular weight is 290 g/mol. The van der Waals surface area contributed by atoms with E-state index in [1.165, 1.54) is 0 Å². The van der Waals surface area contributed by atoms with Gasteiger partial charge >= 0.3 is 5.97 Å². The van der Waals surface area contributed by atoms with Crippen molar-refractivity contribution < 1.29 is 9.90 Å². The van der Waals surface area contributed by atoms with Crippen LogP contribution in [-0.4, -0.2) is 37.5 Å². The number of thioether (sulfide) groups is 1. The van der Waals surface area contributed by atoms with Crippen molar-refractivity contribution in [1.29, 1.82) is 0 Å². The third-order valence-corrected chi connectivity index (χ3v) is 4.44. The maximum Gasteiger partial charge on any atom is 0.311 e. The Hall–Kier alpha value is -1.89. The van der Waals surface area contributed by atoms with Crippen LogP contribution in [0.2, 0.25) is 0 Å². The van der Waals surface area contributed by atoms with Crippen LogP contribution < -0.4 is 0 Å². The van der Waals surface area contributed by atoms with Crippen LogP contribution in [0.3, 0.4) is 0 Å². The second-order valence-electron chi connectivity index (χ2n) is 4.95. The number of carboxylic acid groups (broad SMARTS) is 1. The average Bonchev–Trinajstić information content (AvgIpc) is 3.10. The molecule has 6 nitrogen and oxygen atoms in total. The summed E-state index contributed by atoms with van der Waals surface area (Å²) < 4.78 is 1.61. The van der Waals surface area contributed by atoms with E-state index in [-0.39, 0.29) is 0 Å². The molecule has 7 heteroatoms. The summed E-state index contributed by atoms with van der Waals surface area (Å²) in [5, 5.41) is 21.0. The summed E-state index contributed by atoms with van der Waals surface area (Å²) in [5.74, 6) is -0.139. The lowest BCUT2D eigenvalue weighted by Crippen LogP contribution is -2.22. The maximum atomic E-state index is 11.3. The number of carbonyl (C=O) groups is 1. The fourth-order valence-electron chi connectivity index (χ4n) is 2.21. The molecule has 3 rings (SSSR count). The Morgan fingerprint density at radius 3 is 2.85 bits per heavy atom. The van der Waals surface area contributed by atoms with E-state index in [1.54, 1.807) is 16.4 Å². The first-order valence-electron chi connectivity index (χ1n) is 6.29. The summed E-state index contributed by atoms with van der Waals surface area (Å²) in [6, 6.07) is 7.85. The van der Waals surface area contributed by atoms with Gasteiger partial charge in [-0.05, 0) is 41.7 Å². The monoisotopic (exact) mass is 290 g/mol. The Morgan fingerprint density at radius 1 is 1.45 bits per heavy atom. The molecule has 1 aromatic carbocycles. The van der Waals surface area contributed by atoms with Crippen LogP contribution >= 0.6 is 11.8 Å². The molecule has 0 bridgehead atoms. The van der Waals surface area contributed by atoms with Crippen molar-refractivity contribution in [3.8, 4) is 11.4 Å². The fourth-order valence-corrected chi connectivity index (χ4v) is 2.80. The predicted octanol–water partition coefficient (Wildman–Crippen LogP) is 1.93. The van der Waals surface area contributed by atoms with Crippen molar-refractivity contribution in [2.75, 3.05) is 6.26 Å². The highest BCUT2D eigenvalue weighted by Gasteiger charge is 2.51. The van der Waals surface area contributed by atoms with Gasteiger partial charge in [-0.25, -0.2) is 4.68 Å². The van der Waals surface area contributed by atoms with E-state index in [1.807, 2.05) is 30.5 Å². The van der Waals surface area contributed by atoms with Crippen LogP contribution in [0.4, 0.5) is 0 Å². The van der Waals surface area contributed by atoms with E-state index in [2.05, 4.69) is 15.5 Å². The standard InChI is InChI=1S/C13H14N4O2S/c1-20-10-5-3-2-4-9(10)11-14-15-16-17(11)8-13(6-7-13)12(18)19/h2-5H,6-8H2,1H3,(H,18,19). The maximum absolute atomic E-state index is 11.3. The zero-order valence-corrected chi connectivity index (χ0v) is 11.8. The minimum absolute atomic E-state index is 0.327. The summed E-state index contributed by atoms with van der Waals surface area (Å²) in [4.78, 5) is 12.4. The number of aliphatic carboxylic acids is 1. The van der Waals surface area contributed by atoms with E-state index >= 15 is 0 Å². The highest BCUT2D eigenvalue weighted by molar-refractivity contribution is 7.98. The number of carboxylic acids is 1. The van der Waals surface area contributed by atoms with Gasteiger partial charge in [0, 0.05) is 10.5 Å². The van der Waals surface area contributed by atoms with Crippen molar-refractivity contribution in [2.45, 2.75) is 24.3 Å². The molecule has 1 aliphatic rings. The molecule has 1 heterocycles. The Labute approximate surface area is 120 Å². The molecule has 1 aromatic heterocycles. The van der Waals surface area contributed by atoms with Gasteiger partial charge in [0.15, 0.2) is 5.82 Å². The molecule has 1 saturated carbocycles. The van der Waals surface area contributed by atoms with Gasteiger partial charge in [-0.2, -0.15) is 0 Å². The summed E-state index contributed by atoms with van der Waals surface area (Å²) in [6.45, 7) is 0.327. The molecule has 0 amide bonds. The molecular weight excluding hydrogens is 276 g/mol. The van der Waals surface area contributed by atoms with Crippen LogP contribution in [-0.2, 0) is 11.3 Å². The quantitative estimate of drug-likeness (QED) is 0.847. The Balaban J connectivity index is 1.96. The topological polar surface area (TPSA) is 80.9 Å². The molecule has 0 saturated heterocycles. The van der Waals surface area contributed by atoms with Gasteiger partial charge in [-0.3, -0.25) is 4.79 Å². The van der Waals surface area contributed by atoms with Crippen molar-refractivity contribution in [1.82, 2.24) is 20.2 Å². The lowest BCUT2D eigenvalue weighted by molar-refractivity contribution is -0.144. The third-order valence-electron chi connectivity index (χ3n) is 3.64. The molecule has 0 atom stereocenters.